The highest BCUT2D eigenvalue weighted by Crippen LogP contribution is 2.44. The van der Waals surface area contributed by atoms with Crippen LogP contribution in [-0.2, 0) is 35.6 Å². The van der Waals surface area contributed by atoms with Crippen molar-refractivity contribution in [3.05, 3.63) is 64.0 Å². The Morgan fingerprint density at radius 1 is 0.897 bits per heavy atom. The molecule has 58 heavy (non-hydrogen) atoms. The number of carbonyl (C=O) groups is 5. The van der Waals surface area contributed by atoms with Crippen molar-refractivity contribution in [2.45, 2.75) is 107 Å². The minimum absolute atomic E-state index is 0.0286. The van der Waals surface area contributed by atoms with Crippen molar-refractivity contribution in [2.75, 3.05) is 46.3 Å². The fraction of sp³-hybridized carbons (Fsp3) is 0.561. The number of amides is 4. The maximum absolute atomic E-state index is 13.4. The Morgan fingerprint density at radius 3 is 2.36 bits per heavy atom. The van der Waals surface area contributed by atoms with Gasteiger partial charge in [0.2, 0.25) is 21.8 Å². The number of ketones is 2. The number of ether oxygens (including phenoxy) is 1. The molecule has 0 saturated carbocycles. The predicted octanol–water partition coefficient (Wildman–Crippen LogP) is 4.60. The van der Waals surface area contributed by atoms with E-state index in [-0.39, 0.29) is 79.2 Å². The van der Waals surface area contributed by atoms with E-state index in [2.05, 4.69) is 30.4 Å². The van der Waals surface area contributed by atoms with E-state index in [1.807, 2.05) is 6.07 Å². The summed E-state index contributed by atoms with van der Waals surface area (Å²) in [7, 11) is -2.39. The number of benzene rings is 2. The molecule has 0 spiro atoms. The third-order valence-electron chi connectivity index (χ3n) is 10.9. The number of rotatable bonds is 20. The Bertz CT molecular complexity index is 1950. The molecule has 4 N–H and O–H groups in total. The topological polar surface area (TPSA) is 188 Å². The van der Waals surface area contributed by atoms with Crippen LogP contribution in [0.2, 0.25) is 5.02 Å². The third-order valence-corrected chi connectivity index (χ3v) is 12.7. The smallest absolute Gasteiger partial charge is 0.315 e. The van der Waals surface area contributed by atoms with Crippen LogP contribution in [0.1, 0.15) is 94.3 Å². The Balaban J connectivity index is 1.01. The number of carbonyl (C=O) groups excluding carboxylic acids is 5. The average molecular weight is 840 g/mol. The number of nitrogens with one attached hydrogen (secondary N) is 4. The molecule has 1 aliphatic carbocycles. The van der Waals surface area contributed by atoms with E-state index in [1.54, 1.807) is 18.2 Å². The van der Waals surface area contributed by atoms with Crippen molar-refractivity contribution in [1.29, 1.82) is 0 Å². The second-order valence-corrected chi connectivity index (χ2v) is 17.3. The Hall–Kier alpha value is -4.56. The van der Waals surface area contributed by atoms with Gasteiger partial charge in [-0.25, -0.2) is 22.8 Å². The molecule has 0 aromatic heterocycles. The summed E-state index contributed by atoms with van der Waals surface area (Å²) >= 11 is 6.42. The zero-order chi connectivity index (χ0) is 41.7. The molecular formula is C41H54ClN7O8S. The molecule has 314 valence electrons. The molecule has 3 atom stereocenters. The molecule has 15 nitrogen and oxygen atoms in total. The SMILES string of the molecule is [C-]#[N+]c1cc(Cl)cc2c1C[C@H](N1CCCCC1)[C@H]2Oc1ccc(S(=O)(=O)N[C@H]2CCN(C(=O)CCC(=O)CNC(=O)NCCCCCC(=O)CCC(=O)NC)C2)cc1. The van der Waals surface area contributed by atoms with E-state index in [4.69, 9.17) is 22.9 Å². The molecule has 17 heteroatoms. The molecule has 2 fully saturated rings. The second kappa shape index (κ2) is 21.4. The fourth-order valence-corrected chi connectivity index (χ4v) is 9.22. The summed E-state index contributed by atoms with van der Waals surface area (Å²) < 4.78 is 36.0. The van der Waals surface area contributed by atoms with Crippen LogP contribution in [0.4, 0.5) is 10.5 Å². The molecule has 2 aliphatic heterocycles. The Kier molecular flexibility index (Phi) is 16.5. The predicted molar refractivity (Wildman–Crippen MR) is 218 cm³/mol. The van der Waals surface area contributed by atoms with Crippen molar-refractivity contribution in [1.82, 2.24) is 30.5 Å². The number of hydrogen-bond acceptors (Lipinski definition) is 9. The molecule has 2 aromatic carbocycles. The number of likely N-dealkylation sites (tertiary alicyclic amines) is 2. The lowest BCUT2D eigenvalue weighted by molar-refractivity contribution is -0.132. The maximum atomic E-state index is 13.4. The first-order valence-corrected chi connectivity index (χ1v) is 22.0. The zero-order valence-corrected chi connectivity index (χ0v) is 34.6. The van der Waals surface area contributed by atoms with E-state index < -0.39 is 22.1 Å². The third kappa shape index (κ3) is 12.7. The van der Waals surface area contributed by atoms with Gasteiger partial charge in [0.15, 0.2) is 11.5 Å². The van der Waals surface area contributed by atoms with Gasteiger partial charge in [0.1, 0.15) is 17.6 Å². The van der Waals surface area contributed by atoms with Crippen LogP contribution in [-0.4, -0.2) is 106 Å². The highest BCUT2D eigenvalue weighted by molar-refractivity contribution is 7.89. The van der Waals surface area contributed by atoms with Gasteiger partial charge in [-0.15, -0.1) is 0 Å². The molecule has 2 aromatic rings. The first-order valence-electron chi connectivity index (χ1n) is 20.1. The fourth-order valence-electron chi connectivity index (χ4n) is 7.73. The number of fused-ring (bicyclic) bond motifs is 1. The molecule has 0 bridgehead atoms. The lowest BCUT2D eigenvalue weighted by atomic mass is 10.0. The van der Waals surface area contributed by atoms with Gasteiger partial charge in [-0.05, 0) is 99.1 Å². The summed E-state index contributed by atoms with van der Waals surface area (Å²) in [6.45, 7) is 10.3. The van der Waals surface area contributed by atoms with E-state index in [1.165, 1.54) is 30.5 Å². The Morgan fingerprint density at radius 2 is 1.64 bits per heavy atom. The van der Waals surface area contributed by atoms with Crippen LogP contribution < -0.4 is 25.4 Å². The van der Waals surface area contributed by atoms with Crippen molar-refractivity contribution < 1.29 is 37.1 Å². The number of urea groups is 1. The van der Waals surface area contributed by atoms with Crippen LogP contribution in [0.15, 0.2) is 41.3 Å². The number of Topliss-reactive ketones (excluding diaryl/α,β-unsaturated/α-hetero) is 2. The summed E-state index contributed by atoms with van der Waals surface area (Å²) in [6, 6.07) is 8.85. The molecular weight excluding hydrogens is 786 g/mol. The first-order chi connectivity index (χ1) is 27.9. The van der Waals surface area contributed by atoms with Crippen LogP contribution in [0.25, 0.3) is 4.85 Å². The summed E-state index contributed by atoms with van der Waals surface area (Å²) in [4.78, 5) is 68.1. The van der Waals surface area contributed by atoms with Crippen molar-refractivity contribution in [3.63, 3.8) is 0 Å². The van der Waals surface area contributed by atoms with E-state index >= 15 is 0 Å². The molecule has 4 amide bonds. The highest BCUT2D eigenvalue weighted by atomic mass is 35.5. The zero-order valence-electron chi connectivity index (χ0n) is 33.0. The highest BCUT2D eigenvalue weighted by Gasteiger charge is 2.40. The van der Waals surface area contributed by atoms with E-state index in [9.17, 15) is 32.4 Å². The van der Waals surface area contributed by atoms with Gasteiger partial charge < -0.3 is 25.6 Å². The first kappa shape index (κ1) is 44.5. The number of nitrogens with zero attached hydrogens (tertiary/aromatic N) is 3. The number of halogens is 1. The molecule has 0 radical (unpaired) electrons. The average Bonchev–Trinajstić information content (AvgIpc) is 3.84. The summed E-state index contributed by atoms with van der Waals surface area (Å²) in [6.07, 6.45) is 6.84. The van der Waals surface area contributed by atoms with Gasteiger partial charge >= 0.3 is 6.03 Å². The number of hydrogen-bond donors (Lipinski definition) is 4. The number of sulfonamides is 1. The van der Waals surface area contributed by atoms with Gasteiger partial charge in [0, 0.05) is 69.9 Å². The lowest BCUT2D eigenvalue weighted by Crippen LogP contribution is -2.43. The van der Waals surface area contributed by atoms with Gasteiger partial charge in [-0.2, -0.15) is 0 Å². The van der Waals surface area contributed by atoms with Crippen molar-refractivity contribution >= 4 is 56.7 Å². The Labute approximate surface area is 345 Å². The summed E-state index contributed by atoms with van der Waals surface area (Å²) in [5.74, 6) is -0.210. The summed E-state index contributed by atoms with van der Waals surface area (Å²) in [5, 5.41) is 8.12. The normalized spacial score (nSPS) is 19.2. The standard InChI is InChI=1S/C41H54ClN7O8S/c1-43-36-24-28(42)23-35-34(36)25-37(48-20-7-4-8-21-48)40(35)57-32-12-14-33(15-13-32)58(55,56)47-29-18-22-49(27-29)39(53)17-11-31(51)26-46-41(54)45-19-6-3-5-9-30(50)10-16-38(52)44-2/h12-15,23-24,29,37,40,47H,3-11,16-22,25-27H2,2H3,(H,44,52)(H2,45,46,54)/t29-,37-,40-/m0/s1. The van der Waals surface area contributed by atoms with Crippen molar-refractivity contribution in [2.24, 2.45) is 0 Å². The van der Waals surface area contributed by atoms with Crippen LogP contribution >= 0.6 is 11.6 Å². The van der Waals surface area contributed by atoms with Crippen LogP contribution in [0.3, 0.4) is 0 Å². The molecule has 0 unspecified atom stereocenters. The molecule has 2 saturated heterocycles. The largest absolute Gasteiger partial charge is 0.484 e. The van der Waals surface area contributed by atoms with Crippen LogP contribution in [0, 0.1) is 6.57 Å². The number of piperidine rings is 1. The van der Waals surface area contributed by atoms with Gasteiger partial charge in [-0.1, -0.05) is 24.4 Å². The monoisotopic (exact) mass is 839 g/mol. The second-order valence-electron chi connectivity index (χ2n) is 15.1. The van der Waals surface area contributed by atoms with Gasteiger partial charge in [0.05, 0.1) is 24.1 Å². The number of unbranched alkanes of at least 4 members (excludes halogenated alkanes) is 2. The summed E-state index contributed by atoms with van der Waals surface area (Å²) in [5.41, 5.74) is 2.36. The molecule has 3 aliphatic rings. The lowest BCUT2D eigenvalue weighted by Gasteiger charge is -2.36. The molecule has 2 heterocycles. The quantitative estimate of drug-likeness (QED) is 0.109. The maximum Gasteiger partial charge on any atom is 0.315 e. The van der Waals surface area contributed by atoms with Crippen LogP contribution in [0.5, 0.6) is 5.75 Å². The minimum Gasteiger partial charge on any atom is -0.484 e. The van der Waals surface area contributed by atoms with Gasteiger partial charge in [0.25, 0.3) is 0 Å². The van der Waals surface area contributed by atoms with E-state index in [0.717, 1.165) is 43.5 Å². The van der Waals surface area contributed by atoms with Gasteiger partial charge in [-0.3, -0.25) is 24.1 Å². The minimum atomic E-state index is -3.92. The van der Waals surface area contributed by atoms with Crippen molar-refractivity contribution in [3.8, 4) is 5.75 Å². The van der Waals surface area contributed by atoms with E-state index in [0.29, 0.717) is 61.7 Å². The molecule has 5 rings (SSSR count).